The molecule has 1 N–H and O–H groups in total. The van der Waals surface area contributed by atoms with Gasteiger partial charge in [0.15, 0.2) is 6.61 Å². The normalized spacial score (nSPS) is 12.2. The van der Waals surface area contributed by atoms with Crippen molar-refractivity contribution in [1.82, 2.24) is 4.90 Å². The predicted octanol–water partition coefficient (Wildman–Crippen LogP) is 6.28. The zero-order chi connectivity index (χ0) is 30.7. The van der Waals surface area contributed by atoms with Gasteiger partial charge in [-0.05, 0) is 91.5 Å². The molecular weight excluding hydrogens is 586 g/mol. The highest BCUT2D eigenvalue weighted by molar-refractivity contribution is 7.91. The first-order valence-electron chi connectivity index (χ1n) is 14.2. The summed E-state index contributed by atoms with van der Waals surface area (Å²) in [4.78, 5) is 14.0. The fraction of sp³-hybridized carbons (Fsp3) is 0.265. The zero-order valence-corrected chi connectivity index (χ0v) is 25.6. The number of hydrogen-bond acceptors (Lipinski definition) is 7. The molecule has 0 heterocycles. The summed E-state index contributed by atoms with van der Waals surface area (Å²) in [5.41, 5.74) is 2.96. The molecule has 1 atom stereocenters. The maximum Gasteiger partial charge on any atom is 0.344 e. The first-order valence-corrected chi connectivity index (χ1v) is 16.0. The number of rotatable bonds is 15. The molecule has 0 amide bonds. The summed E-state index contributed by atoms with van der Waals surface area (Å²) in [7, 11) is -3.72. The Labute approximate surface area is 258 Å². The SMILES string of the molecule is CCOC(=O)COc1ccc(S(=O)(=O)c2ccc(CCCN(Cc3ccccc3)CC(O)c3cccc(Cl)c3)cc2)cc1. The van der Waals surface area contributed by atoms with Crippen LogP contribution in [0.2, 0.25) is 5.02 Å². The van der Waals surface area contributed by atoms with Crippen molar-refractivity contribution in [2.45, 2.75) is 42.2 Å². The van der Waals surface area contributed by atoms with E-state index in [1.54, 1.807) is 31.2 Å². The van der Waals surface area contributed by atoms with E-state index in [0.717, 1.165) is 36.1 Å². The zero-order valence-electron chi connectivity index (χ0n) is 24.1. The van der Waals surface area contributed by atoms with Crippen LogP contribution < -0.4 is 4.74 Å². The van der Waals surface area contributed by atoms with E-state index in [1.165, 1.54) is 24.3 Å². The average Bonchev–Trinajstić information content (AvgIpc) is 3.01. The van der Waals surface area contributed by atoms with Crippen molar-refractivity contribution in [2.24, 2.45) is 0 Å². The van der Waals surface area contributed by atoms with E-state index in [2.05, 4.69) is 17.0 Å². The van der Waals surface area contributed by atoms with E-state index in [1.807, 2.05) is 42.5 Å². The van der Waals surface area contributed by atoms with Crippen LogP contribution >= 0.6 is 11.6 Å². The quantitative estimate of drug-likeness (QED) is 0.156. The van der Waals surface area contributed by atoms with E-state index in [-0.39, 0.29) is 23.0 Å². The lowest BCUT2D eigenvalue weighted by Crippen LogP contribution is -2.29. The molecule has 7 nitrogen and oxygen atoms in total. The molecule has 0 fully saturated rings. The first kappa shape index (κ1) is 32.2. The number of ether oxygens (including phenoxy) is 2. The molecule has 0 saturated carbocycles. The third-order valence-electron chi connectivity index (χ3n) is 6.88. The van der Waals surface area contributed by atoms with Gasteiger partial charge in [0.25, 0.3) is 0 Å². The molecule has 226 valence electrons. The Bertz CT molecular complexity index is 1560. The third kappa shape index (κ3) is 9.66. The van der Waals surface area contributed by atoms with Gasteiger partial charge in [0.05, 0.1) is 22.5 Å². The van der Waals surface area contributed by atoms with Crippen molar-refractivity contribution in [2.75, 3.05) is 26.3 Å². The predicted molar refractivity (Wildman–Crippen MR) is 167 cm³/mol. The van der Waals surface area contributed by atoms with Gasteiger partial charge in [-0.3, -0.25) is 4.90 Å². The second-order valence-electron chi connectivity index (χ2n) is 10.1. The summed E-state index contributed by atoms with van der Waals surface area (Å²) in [5, 5.41) is 11.5. The molecule has 0 aliphatic rings. The van der Waals surface area contributed by atoms with Gasteiger partial charge >= 0.3 is 5.97 Å². The Hall–Kier alpha value is -3.69. The number of hydrogen-bond donors (Lipinski definition) is 1. The molecule has 0 bridgehead atoms. The van der Waals surface area contributed by atoms with Crippen LogP contribution in [-0.4, -0.2) is 50.7 Å². The van der Waals surface area contributed by atoms with E-state index in [0.29, 0.717) is 23.9 Å². The highest BCUT2D eigenvalue weighted by atomic mass is 35.5. The summed E-state index contributed by atoms with van der Waals surface area (Å²) >= 11 is 6.14. The van der Waals surface area contributed by atoms with Crippen molar-refractivity contribution < 1.29 is 27.8 Å². The number of aliphatic hydroxyl groups excluding tert-OH is 1. The monoisotopic (exact) mass is 621 g/mol. The van der Waals surface area contributed by atoms with Gasteiger partial charge in [0, 0.05) is 18.1 Å². The number of aryl methyl sites for hydroxylation is 1. The van der Waals surface area contributed by atoms with Crippen molar-refractivity contribution in [3.63, 3.8) is 0 Å². The highest BCUT2D eigenvalue weighted by Crippen LogP contribution is 2.24. The maximum absolute atomic E-state index is 13.2. The number of carbonyl (C=O) groups is 1. The first-order chi connectivity index (χ1) is 20.7. The molecular formula is C34H36ClNO6S. The van der Waals surface area contributed by atoms with Gasteiger partial charge in [0.1, 0.15) is 5.75 Å². The minimum atomic E-state index is -3.72. The van der Waals surface area contributed by atoms with Gasteiger partial charge in [-0.2, -0.15) is 0 Å². The molecule has 0 aliphatic carbocycles. The van der Waals surface area contributed by atoms with Gasteiger partial charge in [0.2, 0.25) is 9.84 Å². The lowest BCUT2D eigenvalue weighted by Gasteiger charge is -2.25. The van der Waals surface area contributed by atoms with Crippen LogP contribution in [-0.2, 0) is 32.3 Å². The Morgan fingerprint density at radius 3 is 2.21 bits per heavy atom. The van der Waals surface area contributed by atoms with Gasteiger partial charge < -0.3 is 14.6 Å². The fourth-order valence-electron chi connectivity index (χ4n) is 4.68. The highest BCUT2D eigenvalue weighted by Gasteiger charge is 2.18. The maximum atomic E-state index is 13.2. The third-order valence-corrected chi connectivity index (χ3v) is 8.90. The number of nitrogens with zero attached hydrogens (tertiary/aromatic N) is 1. The number of esters is 1. The Morgan fingerprint density at radius 1 is 0.884 bits per heavy atom. The molecule has 4 rings (SSSR count). The summed E-state index contributed by atoms with van der Waals surface area (Å²) in [6.45, 7) is 3.63. The molecule has 4 aromatic carbocycles. The molecule has 1 unspecified atom stereocenters. The van der Waals surface area contributed by atoms with Crippen LogP contribution in [0.3, 0.4) is 0 Å². The lowest BCUT2D eigenvalue weighted by atomic mass is 10.1. The second-order valence-corrected chi connectivity index (χ2v) is 12.5. The van der Waals surface area contributed by atoms with Crippen molar-refractivity contribution >= 4 is 27.4 Å². The van der Waals surface area contributed by atoms with Crippen LogP contribution in [0.1, 0.15) is 36.1 Å². The van der Waals surface area contributed by atoms with Gasteiger partial charge in [-0.25, -0.2) is 13.2 Å². The number of carbonyl (C=O) groups excluding carboxylic acids is 1. The van der Waals surface area contributed by atoms with E-state index in [4.69, 9.17) is 21.1 Å². The minimum absolute atomic E-state index is 0.138. The van der Waals surface area contributed by atoms with E-state index < -0.39 is 21.9 Å². The van der Waals surface area contributed by atoms with Crippen LogP contribution in [0.25, 0.3) is 0 Å². The molecule has 0 saturated heterocycles. The van der Waals surface area contributed by atoms with Crippen molar-refractivity contribution in [1.29, 1.82) is 0 Å². The molecule has 4 aromatic rings. The average molecular weight is 622 g/mol. The Kier molecular flexibility index (Phi) is 11.8. The molecule has 0 spiro atoms. The second kappa shape index (κ2) is 15.7. The van der Waals surface area contributed by atoms with Crippen LogP contribution in [0.15, 0.2) is 113 Å². The van der Waals surface area contributed by atoms with Gasteiger partial charge in [-0.15, -0.1) is 0 Å². The minimum Gasteiger partial charge on any atom is -0.482 e. The summed E-state index contributed by atoms with van der Waals surface area (Å²) in [5.74, 6) is -0.109. The van der Waals surface area contributed by atoms with Crippen molar-refractivity contribution in [3.05, 3.63) is 125 Å². The van der Waals surface area contributed by atoms with Gasteiger partial charge in [-0.1, -0.05) is 66.2 Å². The topological polar surface area (TPSA) is 93.1 Å². The fourth-order valence-corrected chi connectivity index (χ4v) is 6.14. The summed E-state index contributed by atoms with van der Waals surface area (Å²) in [6, 6.07) is 30.3. The van der Waals surface area contributed by atoms with Crippen LogP contribution in [0, 0.1) is 0 Å². The van der Waals surface area contributed by atoms with E-state index >= 15 is 0 Å². The van der Waals surface area contributed by atoms with E-state index in [9.17, 15) is 18.3 Å². The Morgan fingerprint density at radius 2 is 1.56 bits per heavy atom. The number of sulfone groups is 1. The summed E-state index contributed by atoms with van der Waals surface area (Å²) < 4.78 is 36.5. The standard InChI is InChI=1S/C34H36ClNO6S/c1-2-41-34(38)25-42-30-15-19-32(20-16-30)43(39,40)31-17-13-26(14-18-31)10-7-21-36(23-27-8-4-3-5-9-27)24-33(37)28-11-6-12-29(35)22-28/h3-6,8-9,11-20,22,33,37H,2,7,10,21,23-25H2,1H3. The number of aliphatic hydroxyl groups is 1. The number of benzene rings is 4. The number of halogens is 1. The lowest BCUT2D eigenvalue weighted by molar-refractivity contribution is -0.145. The van der Waals surface area contributed by atoms with Crippen molar-refractivity contribution in [3.8, 4) is 5.75 Å². The van der Waals surface area contributed by atoms with Crippen LogP contribution in [0.4, 0.5) is 0 Å². The molecule has 9 heteroatoms. The summed E-state index contributed by atoms with van der Waals surface area (Å²) in [6.07, 6.45) is 0.907. The largest absolute Gasteiger partial charge is 0.482 e. The smallest absolute Gasteiger partial charge is 0.344 e. The molecule has 0 aliphatic heterocycles. The molecule has 0 aromatic heterocycles. The molecule has 0 radical (unpaired) electrons. The Balaban J connectivity index is 1.35. The molecule has 43 heavy (non-hydrogen) atoms. The van der Waals surface area contributed by atoms with Crippen LogP contribution in [0.5, 0.6) is 5.75 Å².